The topological polar surface area (TPSA) is 121 Å². The second-order valence-electron chi connectivity index (χ2n) is 7.88. The normalized spacial score (nSPS) is 24.5. The summed E-state index contributed by atoms with van der Waals surface area (Å²) in [6.45, 7) is 3.41. The van der Waals surface area contributed by atoms with Crippen LogP contribution in [-0.4, -0.2) is 60.3 Å². The minimum atomic E-state index is -0.950. The summed E-state index contributed by atoms with van der Waals surface area (Å²) in [7, 11) is 1.57. The molecule has 0 aliphatic carbocycles. The smallest absolute Gasteiger partial charge is 0.275 e. The molecule has 1 aromatic carbocycles. The number of fused-ring (bicyclic) bond motifs is 1. The third-order valence-electron chi connectivity index (χ3n) is 5.64. The molecule has 0 spiro atoms. The monoisotopic (exact) mass is 461 g/mol. The molecule has 4 rings (SSSR count). The number of aromatic nitrogens is 2. The molecule has 1 fully saturated rings. The van der Waals surface area contributed by atoms with Crippen LogP contribution < -0.4 is 15.8 Å². The number of rotatable bonds is 7. The first-order valence-corrected chi connectivity index (χ1v) is 11.0. The Labute approximate surface area is 189 Å². The lowest BCUT2D eigenvalue weighted by atomic mass is 9.70. The van der Waals surface area contributed by atoms with E-state index in [1.807, 2.05) is 6.92 Å². The van der Waals surface area contributed by atoms with Gasteiger partial charge in [0, 0.05) is 29.5 Å². The highest BCUT2D eigenvalue weighted by Crippen LogP contribution is 2.53. The van der Waals surface area contributed by atoms with Crippen LogP contribution in [0.15, 0.2) is 35.6 Å². The molecule has 0 saturated carbocycles. The van der Waals surface area contributed by atoms with Crippen molar-refractivity contribution < 1.29 is 23.4 Å². The number of amidine groups is 1. The van der Waals surface area contributed by atoms with Crippen molar-refractivity contribution in [1.82, 2.24) is 9.97 Å². The summed E-state index contributed by atoms with van der Waals surface area (Å²) in [5.41, 5.74) is 5.47. The second kappa shape index (κ2) is 9.00. The molecule has 2 aliphatic heterocycles. The standard InChI is InChI=1S/C21H24FN5O4S/c1-20-10-30-11-21(20,27-19(23)32-12-20)14-7-13(3-4-15(14)22)26-18(28)16-8-25-17(9-24-16)31-6-5-29-2/h3-4,7-9H,5-6,10-12H2,1-2H3,(H2,23,27)(H,26,28). The summed E-state index contributed by atoms with van der Waals surface area (Å²) in [6.07, 6.45) is 2.67. The quantitative estimate of drug-likeness (QED) is 0.602. The van der Waals surface area contributed by atoms with E-state index in [4.69, 9.17) is 19.9 Å². The van der Waals surface area contributed by atoms with Crippen LogP contribution in [0, 0.1) is 11.2 Å². The highest BCUT2D eigenvalue weighted by Gasteiger charge is 2.57. The molecule has 1 aromatic heterocycles. The number of aliphatic imine (C=N–C) groups is 1. The van der Waals surface area contributed by atoms with Crippen LogP contribution >= 0.6 is 11.8 Å². The summed E-state index contributed by atoms with van der Waals surface area (Å²) in [4.78, 5) is 25.4. The molecule has 2 atom stereocenters. The van der Waals surface area contributed by atoms with E-state index < -0.39 is 22.7 Å². The molecule has 2 aliphatic rings. The maximum absolute atomic E-state index is 15.0. The Morgan fingerprint density at radius 2 is 2.16 bits per heavy atom. The number of nitrogens with zero attached hydrogens (tertiary/aromatic N) is 3. The van der Waals surface area contributed by atoms with Gasteiger partial charge in [0.2, 0.25) is 5.88 Å². The average molecular weight is 462 g/mol. The third kappa shape index (κ3) is 4.15. The van der Waals surface area contributed by atoms with E-state index >= 15 is 0 Å². The molecule has 0 radical (unpaired) electrons. The van der Waals surface area contributed by atoms with Gasteiger partial charge in [0.05, 0.1) is 32.2 Å². The van der Waals surface area contributed by atoms with E-state index in [0.29, 0.717) is 42.0 Å². The molecule has 1 saturated heterocycles. The van der Waals surface area contributed by atoms with Gasteiger partial charge in [0.25, 0.3) is 5.91 Å². The lowest BCUT2D eigenvalue weighted by Gasteiger charge is -2.42. The van der Waals surface area contributed by atoms with Crippen molar-refractivity contribution >= 4 is 28.5 Å². The van der Waals surface area contributed by atoms with Crippen LogP contribution in [0.25, 0.3) is 0 Å². The Morgan fingerprint density at radius 1 is 1.31 bits per heavy atom. The number of hydrogen-bond acceptors (Lipinski definition) is 9. The molecule has 9 nitrogen and oxygen atoms in total. The molecule has 2 aromatic rings. The molecule has 11 heteroatoms. The van der Waals surface area contributed by atoms with Gasteiger partial charge in [0.1, 0.15) is 23.7 Å². The molecular formula is C21H24FN5O4S. The van der Waals surface area contributed by atoms with Gasteiger partial charge in [-0.25, -0.2) is 19.4 Å². The lowest BCUT2D eigenvalue weighted by Crippen LogP contribution is -2.48. The fourth-order valence-electron chi connectivity index (χ4n) is 3.82. The number of nitrogens with one attached hydrogen (secondary N) is 1. The summed E-state index contributed by atoms with van der Waals surface area (Å²) in [6, 6.07) is 4.38. The maximum Gasteiger partial charge on any atom is 0.275 e. The van der Waals surface area contributed by atoms with Gasteiger partial charge in [-0.3, -0.25) is 4.79 Å². The Hall–Kier alpha value is -2.76. The van der Waals surface area contributed by atoms with Gasteiger partial charge < -0.3 is 25.3 Å². The minimum absolute atomic E-state index is 0.0958. The zero-order valence-electron chi connectivity index (χ0n) is 17.8. The number of nitrogens with two attached hydrogens (primary N) is 1. The van der Waals surface area contributed by atoms with Gasteiger partial charge in [-0.1, -0.05) is 18.7 Å². The van der Waals surface area contributed by atoms with Crippen molar-refractivity contribution in [3.8, 4) is 5.88 Å². The third-order valence-corrected chi connectivity index (χ3v) is 6.81. The molecule has 32 heavy (non-hydrogen) atoms. The molecule has 0 bridgehead atoms. The average Bonchev–Trinajstić information content (AvgIpc) is 3.13. The Kier molecular flexibility index (Phi) is 6.31. The number of halogens is 1. The van der Waals surface area contributed by atoms with Crippen LogP contribution in [0.2, 0.25) is 0 Å². The fourth-order valence-corrected chi connectivity index (χ4v) is 4.82. The highest BCUT2D eigenvalue weighted by atomic mass is 32.2. The second-order valence-corrected chi connectivity index (χ2v) is 8.88. The number of methoxy groups -OCH3 is 1. The van der Waals surface area contributed by atoms with Gasteiger partial charge in [0.15, 0.2) is 5.17 Å². The van der Waals surface area contributed by atoms with Crippen molar-refractivity contribution in [2.24, 2.45) is 16.1 Å². The molecule has 1 amide bonds. The largest absolute Gasteiger partial charge is 0.474 e. The summed E-state index contributed by atoms with van der Waals surface area (Å²) < 4.78 is 31.0. The van der Waals surface area contributed by atoms with Gasteiger partial charge in [-0.05, 0) is 18.2 Å². The lowest BCUT2D eigenvalue weighted by molar-refractivity contribution is 0.102. The van der Waals surface area contributed by atoms with Gasteiger partial charge in [-0.15, -0.1) is 0 Å². The maximum atomic E-state index is 15.0. The first-order valence-electron chi connectivity index (χ1n) is 9.98. The summed E-state index contributed by atoms with van der Waals surface area (Å²) in [5, 5.41) is 3.14. The Bertz CT molecular complexity index is 1040. The van der Waals surface area contributed by atoms with Gasteiger partial charge in [-0.2, -0.15) is 0 Å². The van der Waals surface area contributed by atoms with E-state index in [1.165, 1.54) is 36.3 Å². The zero-order valence-corrected chi connectivity index (χ0v) is 18.6. The van der Waals surface area contributed by atoms with Crippen molar-refractivity contribution in [3.05, 3.63) is 47.7 Å². The minimum Gasteiger partial charge on any atom is -0.474 e. The zero-order chi connectivity index (χ0) is 22.8. The number of carbonyl (C=O) groups is 1. The van der Waals surface area contributed by atoms with E-state index in [-0.39, 0.29) is 18.2 Å². The van der Waals surface area contributed by atoms with Crippen molar-refractivity contribution in [1.29, 1.82) is 0 Å². The summed E-state index contributed by atoms with van der Waals surface area (Å²) in [5.74, 6) is 0.0318. The highest BCUT2D eigenvalue weighted by molar-refractivity contribution is 8.13. The van der Waals surface area contributed by atoms with Crippen molar-refractivity contribution in [3.63, 3.8) is 0 Å². The number of hydrogen-bond donors (Lipinski definition) is 2. The van der Waals surface area contributed by atoms with Crippen molar-refractivity contribution in [2.75, 3.05) is 44.6 Å². The summed E-state index contributed by atoms with van der Waals surface area (Å²) >= 11 is 1.43. The SMILES string of the molecule is COCCOc1cnc(C(=O)Nc2ccc(F)c(C34COCC3(C)CSC(N)=N4)c2)cn1. The predicted octanol–water partition coefficient (Wildman–Crippen LogP) is 2.19. The number of anilines is 1. The molecular weight excluding hydrogens is 437 g/mol. The molecule has 2 unspecified atom stereocenters. The number of carbonyl (C=O) groups excluding carboxylic acids is 1. The number of amides is 1. The van der Waals surface area contributed by atoms with Crippen LogP contribution in [0.4, 0.5) is 10.1 Å². The van der Waals surface area contributed by atoms with Crippen LogP contribution in [0.1, 0.15) is 23.0 Å². The van der Waals surface area contributed by atoms with Crippen LogP contribution in [-0.2, 0) is 15.0 Å². The Morgan fingerprint density at radius 3 is 2.91 bits per heavy atom. The number of ether oxygens (including phenoxy) is 3. The molecule has 3 heterocycles. The predicted molar refractivity (Wildman–Crippen MR) is 118 cm³/mol. The van der Waals surface area contributed by atoms with E-state index in [1.54, 1.807) is 13.2 Å². The van der Waals surface area contributed by atoms with E-state index in [0.717, 1.165) is 0 Å². The Balaban J connectivity index is 1.56. The van der Waals surface area contributed by atoms with Gasteiger partial charge >= 0.3 is 0 Å². The fraction of sp³-hybridized carbons (Fsp3) is 0.429. The molecule has 3 N–H and O–H groups in total. The van der Waals surface area contributed by atoms with Crippen LogP contribution in [0.3, 0.4) is 0 Å². The first kappa shape index (κ1) is 22.4. The number of benzene rings is 1. The number of thioether (sulfide) groups is 1. The van der Waals surface area contributed by atoms with E-state index in [2.05, 4.69) is 20.3 Å². The van der Waals surface area contributed by atoms with E-state index in [9.17, 15) is 9.18 Å². The van der Waals surface area contributed by atoms with Crippen molar-refractivity contribution in [2.45, 2.75) is 12.5 Å². The van der Waals surface area contributed by atoms with Crippen LogP contribution in [0.5, 0.6) is 5.88 Å². The molecule has 170 valence electrons. The first-order chi connectivity index (χ1) is 15.4.